The smallest absolute Gasteiger partial charge is 0.237 e. The Morgan fingerprint density at radius 3 is 2.73 bits per heavy atom. The Labute approximate surface area is 175 Å². The number of H-pyrrole nitrogens is 2. The zero-order chi connectivity index (χ0) is 20.9. The van der Waals surface area contributed by atoms with Gasteiger partial charge in [-0.15, -0.1) is 0 Å². The van der Waals surface area contributed by atoms with Crippen LogP contribution in [0.3, 0.4) is 0 Å². The summed E-state index contributed by atoms with van der Waals surface area (Å²) in [5.74, 6) is -0.00391. The van der Waals surface area contributed by atoms with Gasteiger partial charge in [-0.05, 0) is 67.3 Å². The van der Waals surface area contributed by atoms with Crippen LogP contribution >= 0.6 is 0 Å². The first-order valence-corrected chi connectivity index (χ1v) is 10.9. The van der Waals surface area contributed by atoms with Crippen LogP contribution in [-0.4, -0.2) is 51.1 Å². The van der Waals surface area contributed by atoms with Crippen molar-refractivity contribution in [1.29, 1.82) is 0 Å². The molecule has 2 aliphatic rings. The lowest BCUT2D eigenvalue weighted by Gasteiger charge is -2.27. The van der Waals surface area contributed by atoms with Crippen LogP contribution in [0.1, 0.15) is 49.3 Å². The molecule has 2 aromatic heterocycles. The number of aromatic amines is 2. The topological polar surface area (TPSA) is 105 Å². The summed E-state index contributed by atoms with van der Waals surface area (Å²) in [4.78, 5) is 18.9. The van der Waals surface area contributed by atoms with E-state index in [4.69, 9.17) is 0 Å². The second-order valence-electron chi connectivity index (χ2n) is 8.49. The van der Waals surface area contributed by atoms with Crippen LogP contribution in [0, 0.1) is 0 Å². The fourth-order valence-corrected chi connectivity index (χ4v) is 5.45. The van der Waals surface area contributed by atoms with E-state index < -0.39 is 5.41 Å². The molecule has 0 saturated heterocycles. The summed E-state index contributed by atoms with van der Waals surface area (Å²) >= 11 is 0. The molecule has 0 bridgehead atoms. The average molecular weight is 409 g/mol. The molecule has 158 valence electrons. The number of benzene rings is 1. The number of aryl methyl sites for hydroxylation is 2. The molecule has 0 unspecified atom stereocenters. The van der Waals surface area contributed by atoms with Crippen LogP contribution in [0.25, 0.3) is 22.3 Å². The third-order valence-corrected chi connectivity index (χ3v) is 6.84. The van der Waals surface area contributed by atoms with Crippen LogP contribution in [0.5, 0.6) is 0 Å². The molecule has 30 heavy (non-hydrogen) atoms. The van der Waals surface area contributed by atoms with Gasteiger partial charge in [0.25, 0.3) is 0 Å². The summed E-state index contributed by atoms with van der Waals surface area (Å²) in [5, 5.41) is 28.2. The molecule has 0 fully saturated rings. The van der Waals surface area contributed by atoms with Crippen molar-refractivity contribution < 1.29 is 15.0 Å². The Kier molecular flexibility index (Phi) is 4.67. The van der Waals surface area contributed by atoms with E-state index in [1.165, 1.54) is 11.1 Å². The number of carbonyl (C=O) groups excluding carboxylic acids is 1. The maximum atomic E-state index is 13.5. The molecule has 1 aliphatic carbocycles. The van der Waals surface area contributed by atoms with Gasteiger partial charge in [0.1, 0.15) is 5.69 Å². The number of carbonyl (C=O) groups is 1. The minimum atomic E-state index is -0.873. The molecule has 3 aromatic rings. The molecule has 1 aromatic carbocycles. The fourth-order valence-electron chi connectivity index (χ4n) is 5.45. The molecule has 3 heterocycles. The predicted molar refractivity (Wildman–Crippen MR) is 116 cm³/mol. The van der Waals surface area contributed by atoms with Gasteiger partial charge >= 0.3 is 0 Å². The van der Waals surface area contributed by atoms with Crippen LogP contribution in [0.4, 0.5) is 5.69 Å². The number of hydrogen-bond donors (Lipinski definition) is 4. The van der Waals surface area contributed by atoms with Gasteiger partial charge in [0.05, 0.1) is 11.1 Å². The van der Waals surface area contributed by atoms with Crippen LogP contribution in [0.2, 0.25) is 0 Å². The molecule has 7 nitrogen and oxygen atoms in total. The molecular weight excluding hydrogens is 380 g/mol. The van der Waals surface area contributed by atoms with E-state index in [1.54, 1.807) is 0 Å². The van der Waals surface area contributed by atoms with Gasteiger partial charge in [-0.1, -0.05) is 6.92 Å². The van der Waals surface area contributed by atoms with Gasteiger partial charge in [-0.25, -0.2) is 0 Å². The lowest BCUT2D eigenvalue weighted by molar-refractivity contribution is -0.124. The monoisotopic (exact) mass is 408 g/mol. The van der Waals surface area contributed by atoms with Crippen LogP contribution in [-0.2, 0) is 23.1 Å². The maximum Gasteiger partial charge on any atom is 0.237 e. The molecule has 1 amide bonds. The summed E-state index contributed by atoms with van der Waals surface area (Å²) in [6, 6.07) is 4.21. The summed E-state index contributed by atoms with van der Waals surface area (Å²) in [6.45, 7) is 2.50. The van der Waals surface area contributed by atoms with Crippen molar-refractivity contribution in [2.24, 2.45) is 0 Å². The minimum absolute atomic E-state index is 0.00391. The number of anilines is 1. The molecule has 0 spiro atoms. The molecule has 5 rings (SSSR count). The number of hydrogen-bond acceptors (Lipinski definition) is 4. The van der Waals surface area contributed by atoms with Crippen LogP contribution < -0.4 is 4.90 Å². The quantitative estimate of drug-likeness (QED) is 0.503. The highest BCUT2D eigenvalue weighted by atomic mass is 16.3. The molecule has 7 heteroatoms. The number of nitrogens with zero attached hydrogens (tertiary/aromatic N) is 2. The summed E-state index contributed by atoms with van der Waals surface area (Å²) in [5.41, 5.74) is 6.47. The van der Waals surface area contributed by atoms with E-state index in [0.717, 1.165) is 59.2 Å². The summed E-state index contributed by atoms with van der Waals surface area (Å²) in [7, 11) is 0. The Balaban J connectivity index is 1.76. The van der Waals surface area contributed by atoms with Gasteiger partial charge in [-0.2, -0.15) is 5.10 Å². The lowest BCUT2D eigenvalue weighted by Crippen LogP contribution is -2.42. The van der Waals surface area contributed by atoms with Crippen molar-refractivity contribution in [3.8, 4) is 11.4 Å². The first kappa shape index (κ1) is 19.3. The molecule has 0 atom stereocenters. The van der Waals surface area contributed by atoms with E-state index >= 15 is 0 Å². The van der Waals surface area contributed by atoms with Gasteiger partial charge in [0.2, 0.25) is 5.91 Å². The van der Waals surface area contributed by atoms with Crippen LogP contribution in [0.15, 0.2) is 18.3 Å². The summed E-state index contributed by atoms with van der Waals surface area (Å²) in [6.07, 6.45) is 6.47. The number of nitrogens with one attached hydrogen (secondary N) is 2. The van der Waals surface area contributed by atoms with Gasteiger partial charge in [0.15, 0.2) is 0 Å². The Bertz CT molecular complexity index is 1110. The number of aromatic nitrogens is 3. The molecule has 0 radical (unpaired) electrons. The van der Waals surface area contributed by atoms with Crippen molar-refractivity contribution in [3.63, 3.8) is 0 Å². The van der Waals surface area contributed by atoms with Gasteiger partial charge in [0, 0.05) is 42.5 Å². The molecule has 0 saturated carbocycles. The maximum absolute atomic E-state index is 13.5. The second kappa shape index (κ2) is 7.25. The Morgan fingerprint density at radius 2 is 2.00 bits per heavy atom. The van der Waals surface area contributed by atoms with Crippen molar-refractivity contribution in [3.05, 3.63) is 35.0 Å². The van der Waals surface area contributed by atoms with Gasteiger partial charge < -0.3 is 20.1 Å². The van der Waals surface area contributed by atoms with E-state index in [9.17, 15) is 15.0 Å². The predicted octanol–water partition coefficient (Wildman–Crippen LogP) is 2.81. The Morgan fingerprint density at radius 1 is 1.20 bits per heavy atom. The SMILES string of the molecule is CCCN1C(=O)C(CCO)(CCO)c2cc3[nH]c4c(c3cc21)CCCc1c[nH]nc1-4. The normalized spacial score (nSPS) is 17.2. The zero-order valence-electron chi connectivity index (χ0n) is 17.3. The molecule has 4 N–H and O–H groups in total. The fraction of sp³-hybridized carbons (Fsp3) is 0.478. The van der Waals surface area contributed by atoms with E-state index in [-0.39, 0.29) is 19.1 Å². The number of rotatable bonds is 6. The first-order chi connectivity index (χ1) is 14.6. The average Bonchev–Trinajstić information content (AvgIpc) is 3.36. The Hall–Kier alpha value is -2.64. The van der Waals surface area contributed by atoms with Crippen molar-refractivity contribution >= 4 is 22.5 Å². The molecule has 1 aliphatic heterocycles. The largest absolute Gasteiger partial charge is 0.396 e. The van der Waals surface area contributed by atoms with E-state index in [1.807, 2.05) is 11.1 Å². The van der Waals surface area contributed by atoms with Crippen molar-refractivity contribution in [1.82, 2.24) is 15.2 Å². The van der Waals surface area contributed by atoms with Crippen molar-refractivity contribution in [2.45, 2.75) is 50.9 Å². The molecular formula is C23H28N4O3. The first-order valence-electron chi connectivity index (χ1n) is 10.9. The minimum Gasteiger partial charge on any atom is -0.396 e. The number of aliphatic hydroxyl groups is 2. The third kappa shape index (κ3) is 2.58. The van der Waals surface area contributed by atoms with Gasteiger partial charge in [-0.3, -0.25) is 9.89 Å². The highest BCUT2D eigenvalue weighted by Crippen LogP contribution is 2.49. The third-order valence-electron chi connectivity index (χ3n) is 6.84. The lowest BCUT2D eigenvalue weighted by atomic mass is 9.76. The zero-order valence-corrected chi connectivity index (χ0v) is 17.3. The summed E-state index contributed by atoms with van der Waals surface area (Å²) < 4.78 is 0. The van der Waals surface area contributed by atoms with E-state index in [2.05, 4.69) is 34.2 Å². The number of aliphatic hydroxyl groups excluding tert-OH is 2. The highest BCUT2D eigenvalue weighted by Gasteiger charge is 2.50. The standard InChI is InChI=1S/C23H28N4O3/c1-2-8-27-19-11-16-15-5-3-4-14-13-24-26-20(14)21(15)25-18(16)12-17(19)23(6-9-28,7-10-29)22(27)30/h11-13,25,28-29H,2-10H2,1H3,(H,24,26). The number of fused-ring (bicyclic) bond motifs is 6. The number of amides is 1. The van der Waals surface area contributed by atoms with E-state index in [0.29, 0.717) is 19.4 Å². The second-order valence-corrected chi connectivity index (χ2v) is 8.49. The highest BCUT2D eigenvalue weighted by molar-refractivity contribution is 6.11. The van der Waals surface area contributed by atoms with Crippen molar-refractivity contribution in [2.75, 3.05) is 24.7 Å².